The summed E-state index contributed by atoms with van der Waals surface area (Å²) in [6, 6.07) is 7.76. The van der Waals surface area contributed by atoms with Crippen molar-refractivity contribution >= 4 is 12.4 Å². The molecule has 1 aromatic carbocycles. The fourth-order valence-electron chi connectivity index (χ4n) is 1.93. The van der Waals surface area contributed by atoms with Crippen LogP contribution >= 0.6 is 0 Å². The van der Waals surface area contributed by atoms with Gasteiger partial charge in [-0.25, -0.2) is 0 Å². The van der Waals surface area contributed by atoms with Crippen molar-refractivity contribution in [3.63, 3.8) is 0 Å². The van der Waals surface area contributed by atoms with Gasteiger partial charge in [-0.1, -0.05) is 24.3 Å². The van der Waals surface area contributed by atoms with Crippen LogP contribution in [-0.2, 0) is 20.7 Å². The third kappa shape index (κ3) is 1.41. The van der Waals surface area contributed by atoms with Crippen LogP contribution in [0.25, 0.3) is 0 Å². The minimum atomic E-state index is -0.440. The maximum Gasteiger partial charge on any atom is 0.320 e. The normalized spacial score (nSPS) is 18.7. The van der Waals surface area contributed by atoms with Gasteiger partial charge in [0.25, 0.3) is 0 Å². The van der Waals surface area contributed by atoms with Crippen molar-refractivity contribution < 1.29 is 14.3 Å². The number of hydrogen-bond donors (Lipinski definition) is 0. The van der Waals surface area contributed by atoms with E-state index in [9.17, 15) is 9.59 Å². The van der Waals surface area contributed by atoms with Crippen LogP contribution in [0.2, 0.25) is 0 Å². The Morgan fingerprint density at radius 2 is 2.21 bits per heavy atom. The fraction of sp³-hybridized carbons (Fsp3) is 0.273. The molecule has 1 aromatic rings. The lowest BCUT2D eigenvalue weighted by molar-refractivity contribution is -0.152. The molecule has 14 heavy (non-hydrogen) atoms. The molecule has 3 nitrogen and oxygen atoms in total. The van der Waals surface area contributed by atoms with Crippen molar-refractivity contribution in [2.75, 3.05) is 0 Å². The van der Waals surface area contributed by atoms with Crippen LogP contribution in [0.5, 0.6) is 0 Å². The Morgan fingerprint density at radius 1 is 1.43 bits per heavy atom. The van der Waals surface area contributed by atoms with E-state index in [2.05, 4.69) is 4.74 Å². The van der Waals surface area contributed by atoms with E-state index in [-0.39, 0.29) is 12.4 Å². The predicted molar refractivity (Wildman–Crippen MR) is 49.7 cm³/mol. The molecule has 1 aliphatic carbocycles. The second-order valence-electron chi connectivity index (χ2n) is 3.32. The van der Waals surface area contributed by atoms with Crippen molar-refractivity contribution in [3.8, 4) is 0 Å². The number of esters is 1. The molecule has 0 saturated carbocycles. The van der Waals surface area contributed by atoms with E-state index in [4.69, 9.17) is 0 Å². The third-order valence-corrected chi connectivity index (χ3v) is 2.58. The largest absolute Gasteiger partial charge is 0.395 e. The Kier molecular flexibility index (Phi) is 2.31. The van der Waals surface area contributed by atoms with E-state index >= 15 is 0 Å². The highest BCUT2D eigenvalue weighted by molar-refractivity contribution is 5.84. The summed E-state index contributed by atoms with van der Waals surface area (Å²) in [5.41, 5.74) is 2.18. The number of fused-ring (bicyclic) bond motifs is 1. The van der Waals surface area contributed by atoms with Crippen LogP contribution in [0, 0.1) is 0 Å². The molecule has 1 atom stereocenters. The van der Waals surface area contributed by atoms with E-state index in [0.717, 1.165) is 18.4 Å². The van der Waals surface area contributed by atoms with Gasteiger partial charge in [0.15, 0.2) is 0 Å². The maximum atomic E-state index is 11.4. The summed E-state index contributed by atoms with van der Waals surface area (Å²) in [5, 5.41) is 0. The number of hydrogen-bond acceptors (Lipinski definition) is 3. The van der Waals surface area contributed by atoms with Gasteiger partial charge in [0, 0.05) is 0 Å². The van der Waals surface area contributed by atoms with E-state index in [1.807, 2.05) is 24.3 Å². The van der Waals surface area contributed by atoms with Crippen LogP contribution in [0.3, 0.4) is 0 Å². The van der Waals surface area contributed by atoms with E-state index in [0.29, 0.717) is 0 Å². The molecule has 1 unspecified atom stereocenters. The summed E-state index contributed by atoms with van der Waals surface area (Å²) < 4.78 is 4.36. The standard InChI is InChI=1S/C11H10O3/c12-7-14-11(13)10-6-5-8-3-1-2-4-9(8)10/h1-4,7,10H,5-6H2. The molecular weight excluding hydrogens is 180 g/mol. The van der Waals surface area contributed by atoms with Crippen molar-refractivity contribution in [1.82, 2.24) is 0 Å². The van der Waals surface area contributed by atoms with Crippen LogP contribution in [0.4, 0.5) is 0 Å². The molecule has 1 aliphatic rings. The SMILES string of the molecule is O=COC(=O)C1CCc2ccccc21. The van der Waals surface area contributed by atoms with E-state index in [1.54, 1.807) is 0 Å². The molecular formula is C11H10O3. The fourth-order valence-corrected chi connectivity index (χ4v) is 1.93. The average molecular weight is 190 g/mol. The molecule has 0 bridgehead atoms. The molecule has 2 rings (SSSR count). The number of ether oxygens (including phenoxy) is 1. The molecule has 0 radical (unpaired) electrons. The van der Waals surface area contributed by atoms with Crippen molar-refractivity contribution in [1.29, 1.82) is 0 Å². The zero-order valence-electron chi connectivity index (χ0n) is 7.60. The Bertz CT molecular complexity index is 371. The van der Waals surface area contributed by atoms with Gasteiger partial charge < -0.3 is 4.74 Å². The van der Waals surface area contributed by atoms with Gasteiger partial charge in [0.2, 0.25) is 0 Å². The van der Waals surface area contributed by atoms with E-state index < -0.39 is 5.97 Å². The Balaban J connectivity index is 2.25. The van der Waals surface area contributed by atoms with Gasteiger partial charge in [-0.2, -0.15) is 0 Å². The summed E-state index contributed by atoms with van der Waals surface area (Å²) in [5.74, 6) is -0.693. The molecule has 72 valence electrons. The summed E-state index contributed by atoms with van der Waals surface area (Å²) in [7, 11) is 0. The third-order valence-electron chi connectivity index (χ3n) is 2.58. The monoisotopic (exact) mass is 190 g/mol. The van der Waals surface area contributed by atoms with Gasteiger partial charge in [0.1, 0.15) is 0 Å². The first-order chi connectivity index (χ1) is 6.83. The lowest BCUT2D eigenvalue weighted by atomic mass is 10.0. The van der Waals surface area contributed by atoms with Crippen LogP contribution in [0.1, 0.15) is 23.5 Å². The highest BCUT2D eigenvalue weighted by Crippen LogP contribution is 2.33. The average Bonchev–Trinajstić information content (AvgIpc) is 2.61. The zero-order chi connectivity index (χ0) is 9.97. The lowest BCUT2D eigenvalue weighted by Crippen LogP contribution is -2.12. The Morgan fingerprint density at radius 3 is 3.00 bits per heavy atom. The van der Waals surface area contributed by atoms with Crippen LogP contribution in [-0.4, -0.2) is 12.4 Å². The zero-order valence-corrected chi connectivity index (χ0v) is 7.60. The molecule has 3 heteroatoms. The second-order valence-corrected chi connectivity index (χ2v) is 3.32. The molecule has 0 spiro atoms. The minimum Gasteiger partial charge on any atom is -0.395 e. The first-order valence-corrected chi connectivity index (χ1v) is 4.55. The number of benzene rings is 1. The van der Waals surface area contributed by atoms with Gasteiger partial charge in [-0.05, 0) is 24.0 Å². The minimum absolute atomic E-state index is 0.198. The Labute approximate surface area is 81.7 Å². The quantitative estimate of drug-likeness (QED) is 0.402. The predicted octanol–water partition coefficient (Wildman–Crippen LogP) is 1.42. The van der Waals surface area contributed by atoms with Gasteiger partial charge in [0.05, 0.1) is 5.92 Å². The van der Waals surface area contributed by atoms with Crippen molar-refractivity contribution in [2.24, 2.45) is 0 Å². The molecule has 0 amide bonds. The number of carbonyl (C=O) groups is 2. The molecule has 0 fully saturated rings. The first-order valence-electron chi connectivity index (χ1n) is 4.55. The first kappa shape index (κ1) is 8.94. The molecule has 0 heterocycles. The van der Waals surface area contributed by atoms with Gasteiger partial charge in [-0.15, -0.1) is 0 Å². The summed E-state index contributed by atoms with van der Waals surface area (Å²) in [6.07, 6.45) is 1.63. The topological polar surface area (TPSA) is 43.4 Å². The second kappa shape index (κ2) is 3.62. The summed E-state index contributed by atoms with van der Waals surface area (Å²) in [4.78, 5) is 21.4. The number of carbonyl (C=O) groups excluding carboxylic acids is 2. The van der Waals surface area contributed by atoms with Gasteiger partial charge in [-0.3, -0.25) is 9.59 Å². The molecule has 0 aliphatic heterocycles. The Hall–Kier alpha value is -1.64. The number of aryl methyl sites for hydroxylation is 1. The lowest BCUT2D eigenvalue weighted by Gasteiger charge is -2.06. The molecule has 0 N–H and O–H groups in total. The van der Waals surface area contributed by atoms with Crippen LogP contribution in [0.15, 0.2) is 24.3 Å². The van der Waals surface area contributed by atoms with E-state index in [1.165, 1.54) is 5.56 Å². The van der Waals surface area contributed by atoms with Crippen LogP contribution < -0.4 is 0 Å². The molecule has 0 aromatic heterocycles. The number of rotatable bonds is 2. The maximum absolute atomic E-state index is 11.4. The van der Waals surface area contributed by atoms with Crippen molar-refractivity contribution in [2.45, 2.75) is 18.8 Å². The smallest absolute Gasteiger partial charge is 0.320 e. The highest BCUT2D eigenvalue weighted by Gasteiger charge is 2.29. The highest BCUT2D eigenvalue weighted by atomic mass is 16.6. The molecule has 0 saturated heterocycles. The van der Waals surface area contributed by atoms with Crippen molar-refractivity contribution in [3.05, 3.63) is 35.4 Å². The summed E-state index contributed by atoms with van der Waals surface area (Å²) >= 11 is 0. The van der Waals surface area contributed by atoms with Gasteiger partial charge >= 0.3 is 12.4 Å². The summed E-state index contributed by atoms with van der Waals surface area (Å²) in [6.45, 7) is 0.198.